The van der Waals surface area contributed by atoms with Gasteiger partial charge < -0.3 is 5.32 Å². The normalized spacial score (nSPS) is 12.7. The van der Waals surface area contributed by atoms with Crippen LogP contribution in [-0.2, 0) is 9.84 Å². The van der Waals surface area contributed by atoms with Crippen LogP contribution in [0.25, 0.3) is 0 Å². The monoisotopic (exact) mass is 301 g/mol. The Morgan fingerprint density at radius 3 is 2.45 bits per heavy atom. The van der Waals surface area contributed by atoms with E-state index in [1.807, 2.05) is 13.8 Å². The highest BCUT2D eigenvalue weighted by Crippen LogP contribution is 2.15. The standard InChI is InChI=1S/C13H23N3O3S/c1-9(2)10-8-11(16-15-10)12(17)14-6-7-20(18,19)13(3,4)5/h8-9H,6-7H2,1-5H3,(H,14,17)(H,15,16). The van der Waals surface area contributed by atoms with Crippen molar-refractivity contribution >= 4 is 15.7 Å². The number of rotatable bonds is 5. The Kier molecular flexibility index (Phi) is 4.96. The summed E-state index contributed by atoms with van der Waals surface area (Å²) < 4.78 is 23.0. The van der Waals surface area contributed by atoms with Crippen molar-refractivity contribution in [2.75, 3.05) is 12.3 Å². The largest absolute Gasteiger partial charge is 0.350 e. The van der Waals surface area contributed by atoms with Crippen LogP contribution in [0.3, 0.4) is 0 Å². The molecule has 7 heteroatoms. The summed E-state index contributed by atoms with van der Waals surface area (Å²) in [7, 11) is -3.23. The first kappa shape index (κ1) is 16.7. The zero-order valence-corrected chi connectivity index (χ0v) is 13.5. The second-order valence-corrected chi connectivity index (χ2v) is 8.91. The number of nitrogens with one attached hydrogen (secondary N) is 2. The average Bonchev–Trinajstić information content (AvgIpc) is 2.76. The maximum atomic E-state index is 11.9. The van der Waals surface area contributed by atoms with Crippen LogP contribution < -0.4 is 5.32 Å². The van der Waals surface area contributed by atoms with Crippen molar-refractivity contribution < 1.29 is 13.2 Å². The lowest BCUT2D eigenvalue weighted by Crippen LogP contribution is -2.36. The van der Waals surface area contributed by atoms with Crippen molar-refractivity contribution in [3.05, 3.63) is 17.5 Å². The number of hydrogen-bond donors (Lipinski definition) is 2. The third-order valence-corrected chi connectivity index (χ3v) is 5.65. The molecule has 0 fully saturated rings. The molecule has 0 unspecified atom stereocenters. The van der Waals surface area contributed by atoms with Gasteiger partial charge in [-0.15, -0.1) is 0 Å². The number of carbonyl (C=O) groups is 1. The van der Waals surface area contributed by atoms with Crippen molar-refractivity contribution in [3.8, 4) is 0 Å². The van der Waals surface area contributed by atoms with Gasteiger partial charge in [-0.2, -0.15) is 5.10 Å². The predicted molar refractivity (Wildman–Crippen MR) is 78.5 cm³/mol. The van der Waals surface area contributed by atoms with E-state index < -0.39 is 14.6 Å². The Morgan fingerprint density at radius 1 is 1.40 bits per heavy atom. The van der Waals surface area contributed by atoms with Crippen molar-refractivity contribution in [1.29, 1.82) is 0 Å². The molecular weight excluding hydrogens is 278 g/mol. The fourth-order valence-corrected chi connectivity index (χ4v) is 2.43. The SMILES string of the molecule is CC(C)c1cc(C(=O)NCCS(=O)(=O)C(C)(C)C)n[nH]1. The summed E-state index contributed by atoms with van der Waals surface area (Å²) >= 11 is 0. The van der Waals surface area contributed by atoms with Gasteiger partial charge >= 0.3 is 0 Å². The summed E-state index contributed by atoms with van der Waals surface area (Å²) in [5, 5.41) is 9.28. The maximum absolute atomic E-state index is 11.9. The smallest absolute Gasteiger partial charge is 0.271 e. The molecule has 1 aromatic rings. The van der Waals surface area contributed by atoms with Crippen LogP contribution in [0.15, 0.2) is 6.07 Å². The number of sulfone groups is 1. The van der Waals surface area contributed by atoms with Gasteiger partial charge in [0.1, 0.15) is 5.69 Å². The summed E-state index contributed by atoms with van der Waals surface area (Å²) in [6.45, 7) is 9.00. The van der Waals surface area contributed by atoms with E-state index in [0.29, 0.717) is 0 Å². The summed E-state index contributed by atoms with van der Waals surface area (Å²) in [5.41, 5.74) is 1.15. The maximum Gasteiger partial charge on any atom is 0.271 e. The summed E-state index contributed by atoms with van der Waals surface area (Å²) in [6, 6.07) is 1.68. The zero-order valence-electron chi connectivity index (χ0n) is 12.6. The lowest BCUT2D eigenvalue weighted by molar-refractivity contribution is 0.0951. The minimum atomic E-state index is -3.23. The highest BCUT2D eigenvalue weighted by atomic mass is 32.2. The molecule has 0 aromatic carbocycles. The Labute approximate surface area is 120 Å². The van der Waals surface area contributed by atoms with E-state index in [1.54, 1.807) is 26.8 Å². The number of amides is 1. The first-order valence-electron chi connectivity index (χ1n) is 6.60. The second kappa shape index (κ2) is 5.95. The summed E-state index contributed by atoms with van der Waals surface area (Å²) in [4.78, 5) is 11.8. The van der Waals surface area contributed by atoms with Gasteiger partial charge in [0.05, 0.1) is 10.5 Å². The Hall–Kier alpha value is -1.37. The second-order valence-electron chi connectivity index (χ2n) is 6.05. The molecule has 1 rings (SSSR count). The zero-order chi connectivity index (χ0) is 15.6. The van der Waals surface area contributed by atoms with E-state index in [1.165, 1.54) is 0 Å². The Balaban J connectivity index is 2.56. The Bertz CT molecular complexity index is 568. The van der Waals surface area contributed by atoms with Gasteiger partial charge in [-0.05, 0) is 32.8 Å². The number of nitrogens with zero attached hydrogens (tertiary/aromatic N) is 1. The number of aromatic amines is 1. The molecule has 0 bridgehead atoms. The molecule has 0 saturated carbocycles. The van der Waals surface area contributed by atoms with Crippen LogP contribution in [0.5, 0.6) is 0 Å². The van der Waals surface area contributed by atoms with Gasteiger partial charge in [0.2, 0.25) is 0 Å². The van der Waals surface area contributed by atoms with E-state index in [9.17, 15) is 13.2 Å². The fourth-order valence-electron chi connectivity index (χ4n) is 1.44. The molecule has 1 aromatic heterocycles. The van der Waals surface area contributed by atoms with Crippen LogP contribution in [0.1, 0.15) is 56.7 Å². The van der Waals surface area contributed by atoms with Crippen molar-refractivity contribution in [3.63, 3.8) is 0 Å². The molecule has 1 heterocycles. The molecule has 0 spiro atoms. The molecule has 114 valence electrons. The highest BCUT2D eigenvalue weighted by Gasteiger charge is 2.28. The Morgan fingerprint density at radius 2 is 2.00 bits per heavy atom. The molecule has 20 heavy (non-hydrogen) atoms. The average molecular weight is 301 g/mol. The van der Waals surface area contributed by atoms with Gasteiger partial charge in [-0.1, -0.05) is 13.8 Å². The summed E-state index contributed by atoms with van der Waals surface area (Å²) in [6.07, 6.45) is 0. The number of carbonyl (C=O) groups excluding carboxylic acids is 1. The number of H-pyrrole nitrogens is 1. The third-order valence-electron chi connectivity index (χ3n) is 3.04. The van der Waals surface area contributed by atoms with Crippen molar-refractivity contribution in [2.24, 2.45) is 0 Å². The summed E-state index contributed by atoms with van der Waals surface area (Å²) in [5.74, 6) is -0.188. The van der Waals surface area contributed by atoms with Gasteiger partial charge in [0.15, 0.2) is 9.84 Å². The van der Waals surface area contributed by atoms with Crippen LogP contribution in [0, 0.1) is 0 Å². The molecule has 1 amide bonds. The van der Waals surface area contributed by atoms with Gasteiger partial charge in [0, 0.05) is 12.2 Å². The van der Waals surface area contributed by atoms with Crippen LogP contribution in [0.2, 0.25) is 0 Å². The molecule has 2 N–H and O–H groups in total. The molecule has 0 aliphatic rings. The van der Waals surface area contributed by atoms with Gasteiger partial charge in [0.25, 0.3) is 5.91 Å². The minimum Gasteiger partial charge on any atom is -0.350 e. The van der Waals surface area contributed by atoms with E-state index in [0.717, 1.165) is 5.69 Å². The molecule has 6 nitrogen and oxygen atoms in total. The third kappa shape index (κ3) is 4.06. The molecule has 0 atom stereocenters. The van der Waals surface area contributed by atoms with Gasteiger partial charge in [-0.25, -0.2) is 8.42 Å². The van der Waals surface area contributed by atoms with Crippen molar-refractivity contribution in [2.45, 2.75) is 45.3 Å². The van der Waals surface area contributed by atoms with E-state index in [-0.39, 0.29) is 29.8 Å². The van der Waals surface area contributed by atoms with Crippen LogP contribution in [-0.4, -0.2) is 41.6 Å². The van der Waals surface area contributed by atoms with Crippen LogP contribution in [0.4, 0.5) is 0 Å². The minimum absolute atomic E-state index is 0.0797. The first-order chi connectivity index (χ1) is 9.04. The van der Waals surface area contributed by atoms with Crippen molar-refractivity contribution in [1.82, 2.24) is 15.5 Å². The lowest BCUT2D eigenvalue weighted by Gasteiger charge is -2.18. The van der Waals surface area contributed by atoms with E-state index in [4.69, 9.17) is 0 Å². The molecule has 0 aliphatic heterocycles. The number of hydrogen-bond acceptors (Lipinski definition) is 4. The number of aromatic nitrogens is 2. The highest BCUT2D eigenvalue weighted by molar-refractivity contribution is 7.92. The predicted octanol–water partition coefficient (Wildman–Crippen LogP) is 1.48. The van der Waals surface area contributed by atoms with E-state index in [2.05, 4.69) is 15.5 Å². The molecule has 0 aliphatic carbocycles. The first-order valence-corrected chi connectivity index (χ1v) is 8.25. The lowest BCUT2D eigenvalue weighted by atomic mass is 10.1. The molecule has 0 radical (unpaired) electrons. The van der Waals surface area contributed by atoms with Crippen LogP contribution >= 0.6 is 0 Å². The topological polar surface area (TPSA) is 91.9 Å². The fraction of sp³-hybridized carbons (Fsp3) is 0.692. The molecular formula is C13H23N3O3S. The molecule has 0 saturated heterocycles. The quantitative estimate of drug-likeness (QED) is 0.861. The van der Waals surface area contributed by atoms with Gasteiger partial charge in [-0.3, -0.25) is 9.89 Å². The van der Waals surface area contributed by atoms with E-state index >= 15 is 0 Å².